The van der Waals surface area contributed by atoms with E-state index in [-0.39, 0.29) is 0 Å². The van der Waals surface area contributed by atoms with Gasteiger partial charge in [0.2, 0.25) is 0 Å². The van der Waals surface area contributed by atoms with E-state index in [2.05, 4.69) is 50.5 Å². The molecule has 2 atom stereocenters. The molecule has 86 valence electrons. The first kappa shape index (κ1) is 12.7. The predicted octanol–water partition coefficient (Wildman–Crippen LogP) is 4.22. The van der Waals surface area contributed by atoms with Crippen molar-refractivity contribution in [3.63, 3.8) is 0 Å². The van der Waals surface area contributed by atoms with Gasteiger partial charge < -0.3 is 5.32 Å². The molecule has 1 nitrogen and oxygen atoms in total. The van der Waals surface area contributed by atoms with Crippen molar-refractivity contribution in [3.8, 4) is 0 Å². The highest BCUT2D eigenvalue weighted by Gasteiger charge is 2.15. The Morgan fingerprint density at radius 3 is 2.53 bits per heavy atom. The number of nitrogens with one attached hydrogen (secondary N) is 1. The lowest BCUT2D eigenvalue weighted by molar-refractivity contribution is 0.365. The molecule has 0 aliphatic rings. The Kier molecular flexibility index (Phi) is 5.34. The Bertz CT molecular complexity index is 254. The van der Waals surface area contributed by atoms with Crippen LogP contribution in [0.3, 0.4) is 0 Å². The molecule has 0 bridgehead atoms. The Hall–Kier alpha value is -0.340. The minimum atomic E-state index is 0.549. The molecule has 0 fully saturated rings. The van der Waals surface area contributed by atoms with Crippen molar-refractivity contribution in [2.75, 3.05) is 0 Å². The zero-order valence-electron chi connectivity index (χ0n) is 10.3. The van der Waals surface area contributed by atoms with Crippen molar-refractivity contribution in [1.29, 1.82) is 0 Å². The third kappa shape index (κ3) is 3.96. The summed E-state index contributed by atoms with van der Waals surface area (Å²) in [5.41, 5.74) is 0. The average Bonchev–Trinajstić information content (AvgIpc) is 2.69. The Balaban J connectivity index is 2.59. The van der Waals surface area contributed by atoms with Crippen LogP contribution in [-0.2, 0) is 0 Å². The smallest absolute Gasteiger partial charge is 0.0416 e. The van der Waals surface area contributed by atoms with Gasteiger partial charge >= 0.3 is 0 Å². The van der Waals surface area contributed by atoms with Crippen molar-refractivity contribution in [3.05, 3.63) is 22.4 Å². The molecule has 0 aromatic carbocycles. The lowest BCUT2D eigenvalue weighted by Crippen LogP contribution is -2.33. The molecule has 0 saturated carbocycles. The maximum atomic E-state index is 3.73. The number of rotatable bonds is 6. The van der Waals surface area contributed by atoms with Crippen LogP contribution in [0.25, 0.3) is 0 Å². The van der Waals surface area contributed by atoms with Crippen molar-refractivity contribution in [1.82, 2.24) is 5.32 Å². The van der Waals surface area contributed by atoms with E-state index >= 15 is 0 Å². The maximum absolute atomic E-state index is 3.73. The maximum Gasteiger partial charge on any atom is 0.0416 e. The summed E-state index contributed by atoms with van der Waals surface area (Å²) in [6, 6.07) is 5.52. The highest BCUT2D eigenvalue weighted by molar-refractivity contribution is 7.10. The molecule has 0 spiro atoms. The molecule has 1 rings (SSSR count). The Morgan fingerprint density at radius 2 is 2.07 bits per heavy atom. The van der Waals surface area contributed by atoms with Gasteiger partial charge in [-0.2, -0.15) is 0 Å². The van der Waals surface area contributed by atoms with Gasteiger partial charge in [0.05, 0.1) is 0 Å². The highest BCUT2D eigenvalue weighted by Crippen LogP contribution is 2.24. The fourth-order valence-electron chi connectivity index (χ4n) is 1.60. The fourth-order valence-corrected chi connectivity index (χ4v) is 2.42. The van der Waals surface area contributed by atoms with Gasteiger partial charge in [-0.25, -0.2) is 0 Å². The summed E-state index contributed by atoms with van der Waals surface area (Å²) in [4.78, 5) is 1.48. The van der Waals surface area contributed by atoms with Gasteiger partial charge in [-0.1, -0.05) is 33.3 Å². The second-order valence-corrected chi connectivity index (χ2v) is 5.54. The molecule has 1 aromatic heterocycles. The van der Waals surface area contributed by atoms with Gasteiger partial charge in [0.25, 0.3) is 0 Å². The van der Waals surface area contributed by atoms with Gasteiger partial charge in [0.15, 0.2) is 0 Å². The third-order valence-electron chi connectivity index (χ3n) is 2.93. The molecule has 0 amide bonds. The van der Waals surface area contributed by atoms with Gasteiger partial charge in [-0.05, 0) is 30.7 Å². The Labute approximate surface area is 97.9 Å². The lowest BCUT2D eigenvalue weighted by atomic mass is 10.0. The molecule has 2 unspecified atom stereocenters. The van der Waals surface area contributed by atoms with E-state index in [1.54, 1.807) is 0 Å². The first-order chi connectivity index (χ1) is 7.15. The molecule has 2 heteroatoms. The molecule has 1 N–H and O–H groups in total. The molecule has 0 aliphatic heterocycles. The molecular formula is C13H23NS. The van der Waals surface area contributed by atoms with Crippen molar-refractivity contribution < 1.29 is 0 Å². The lowest BCUT2D eigenvalue weighted by Gasteiger charge is -2.24. The van der Waals surface area contributed by atoms with Crippen molar-refractivity contribution in [2.45, 2.75) is 52.6 Å². The first-order valence-corrected chi connectivity index (χ1v) is 6.82. The SMILES string of the molecule is CCCC(NC(C)C(C)C)c1cccs1. The summed E-state index contributed by atoms with van der Waals surface area (Å²) in [7, 11) is 0. The van der Waals surface area contributed by atoms with E-state index in [9.17, 15) is 0 Å². The highest BCUT2D eigenvalue weighted by atomic mass is 32.1. The van der Waals surface area contributed by atoms with Crippen LogP contribution < -0.4 is 5.32 Å². The molecule has 0 radical (unpaired) electrons. The van der Waals surface area contributed by atoms with Crippen LogP contribution in [0.2, 0.25) is 0 Å². The standard InChI is InChI=1S/C13H23NS/c1-5-7-12(13-8-6-9-15-13)14-11(4)10(2)3/h6,8-12,14H,5,7H2,1-4H3. The number of hydrogen-bond donors (Lipinski definition) is 1. The zero-order valence-corrected chi connectivity index (χ0v) is 11.1. The summed E-state index contributed by atoms with van der Waals surface area (Å²) >= 11 is 1.86. The van der Waals surface area contributed by atoms with Gasteiger partial charge in [0.1, 0.15) is 0 Å². The molecule has 15 heavy (non-hydrogen) atoms. The molecular weight excluding hydrogens is 202 g/mol. The van der Waals surface area contributed by atoms with Crippen LogP contribution in [0.5, 0.6) is 0 Å². The van der Waals surface area contributed by atoms with E-state index in [4.69, 9.17) is 0 Å². The normalized spacial score (nSPS) is 15.5. The van der Waals surface area contributed by atoms with Crippen LogP contribution in [0, 0.1) is 5.92 Å². The van der Waals surface area contributed by atoms with E-state index in [0.717, 1.165) is 0 Å². The fraction of sp³-hybridized carbons (Fsp3) is 0.692. The second-order valence-electron chi connectivity index (χ2n) is 4.56. The van der Waals surface area contributed by atoms with E-state index in [1.807, 2.05) is 11.3 Å². The summed E-state index contributed by atoms with van der Waals surface area (Å²) in [5, 5.41) is 5.90. The summed E-state index contributed by atoms with van der Waals surface area (Å²) < 4.78 is 0. The third-order valence-corrected chi connectivity index (χ3v) is 3.91. The minimum absolute atomic E-state index is 0.549. The van der Waals surface area contributed by atoms with Crippen LogP contribution >= 0.6 is 11.3 Å². The van der Waals surface area contributed by atoms with E-state index < -0.39 is 0 Å². The van der Waals surface area contributed by atoms with Gasteiger partial charge in [-0.15, -0.1) is 11.3 Å². The van der Waals surface area contributed by atoms with E-state index in [0.29, 0.717) is 18.0 Å². The predicted molar refractivity (Wildman–Crippen MR) is 69.4 cm³/mol. The summed E-state index contributed by atoms with van der Waals surface area (Å²) in [6.45, 7) is 9.08. The summed E-state index contributed by atoms with van der Waals surface area (Å²) in [5.74, 6) is 0.698. The minimum Gasteiger partial charge on any atom is -0.306 e. The number of thiophene rings is 1. The zero-order chi connectivity index (χ0) is 11.3. The largest absolute Gasteiger partial charge is 0.306 e. The number of hydrogen-bond acceptors (Lipinski definition) is 2. The molecule has 0 saturated heterocycles. The van der Waals surface area contributed by atoms with Crippen LogP contribution in [0.4, 0.5) is 0 Å². The Morgan fingerprint density at radius 1 is 1.33 bits per heavy atom. The van der Waals surface area contributed by atoms with Crippen LogP contribution in [0.1, 0.15) is 51.5 Å². The average molecular weight is 225 g/mol. The first-order valence-electron chi connectivity index (χ1n) is 5.94. The molecule has 1 heterocycles. The van der Waals surface area contributed by atoms with E-state index in [1.165, 1.54) is 17.7 Å². The van der Waals surface area contributed by atoms with Crippen molar-refractivity contribution >= 4 is 11.3 Å². The summed E-state index contributed by atoms with van der Waals surface area (Å²) in [6.07, 6.45) is 2.47. The monoisotopic (exact) mass is 225 g/mol. The topological polar surface area (TPSA) is 12.0 Å². The molecule has 0 aliphatic carbocycles. The van der Waals surface area contributed by atoms with Gasteiger partial charge in [-0.3, -0.25) is 0 Å². The van der Waals surface area contributed by atoms with Gasteiger partial charge in [0, 0.05) is 17.0 Å². The van der Waals surface area contributed by atoms with Crippen LogP contribution in [-0.4, -0.2) is 6.04 Å². The molecule has 1 aromatic rings. The van der Waals surface area contributed by atoms with Crippen molar-refractivity contribution in [2.24, 2.45) is 5.92 Å². The second kappa shape index (κ2) is 6.29. The quantitative estimate of drug-likeness (QED) is 0.764. The van der Waals surface area contributed by atoms with Crippen LogP contribution in [0.15, 0.2) is 17.5 Å².